The SMILES string of the molecule is CC(C)(CC(=O)c1cc(Cl)cc(Cl)c1NC(=O)c1cc(Cl)nn1-c1ncccc1Cl)C(N)=O. The summed E-state index contributed by atoms with van der Waals surface area (Å²) in [5.41, 5.74) is 4.27. The van der Waals surface area contributed by atoms with Crippen molar-refractivity contribution in [1.29, 1.82) is 0 Å². The summed E-state index contributed by atoms with van der Waals surface area (Å²) < 4.78 is 1.17. The highest BCUT2D eigenvalue weighted by Gasteiger charge is 2.31. The molecule has 0 aliphatic heterocycles. The molecule has 0 fully saturated rings. The Morgan fingerprint density at radius 2 is 1.79 bits per heavy atom. The summed E-state index contributed by atoms with van der Waals surface area (Å²) in [7, 11) is 0. The number of nitrogens with zero attached hydrogens (tertiary/aromatic N) is 3. The van der Waals surface area contributed by atoms with E-state index in [1.807, 2.05) is 0 Å². The van der Waals surface area contributed by atoms with Crippen LogP contribution < -0.4 is 11.1 Å². The topological polar surface area (TPSA) is 120 Å². The van der Waals surface area contributed by atoms with E-state index in [1.165, 1.54) is 42.9 Å². The van der Waals surface area contributed by atoms with Crippen molar-refractivity contribution in [1.82, 2.24) is 14.8 Å². The Labute approximate surface area is 209 Å². The van der Waals surface area contributed by atoms with Crippen molar-refractivity contribution in [2.24, 2.45) is 11.1 Å². The van der Waals surface area contributed by atoms with Crippen LogP contribution in [0.25, 0.3) is 5.82 Å². The standard InChI is InChI=1S/C21H17Cl4N5O3/c1-21(2,20(26)33)9-15(31)11-6-10(22)7-13(24)17(11)28-19(32)14-8-16(25)29-30(14)18-12(23)4-3-5-27-18/h3-8H,9H2,1-2H3,(H2,26,33)(H,28,32). The minimum atomic E-state index is -1.13. The molecule has 0 spiro atoms. The molecule has 0 radical (unpaired) electrons. The molecule has 0 unspecified atom stereocenters. The Balaban J connectivity index is 2.02. The van der Waals surface area contributed by atoms with E-state index in [-0.39, 0.29) is 49.4 Å². The fourth-order valence-electron chi connectivity index (χ4n) is 2.89. The van der Waals surface area contributed by atoms with E-state index in [1.54, 1.807) is 12.1 Å². The molecule has 1 aromatic carbocycles. The predicted octanol–water partition coefficient (Wildman–Crippen LogP) is 5.22. The molecule has 2 amide bonds. The molecular formula is C21H17Cl4N5O3. The van der Waals surface area contributed by atoms with Gasteiger partial charge in [0.15, 0.2) is 16.8 Å². The molecule has 2 aromatic heterocycles. The summed E-state index contributed by atoms with van der Waals surface area (Å²) in [5.74, 6) is -1.65. The summed E-state index contributed by atoms with van der Waals surface area (Å²) in [6.45, 7) is 3.07. The minimum absolute atomic E-state index is 0.00678. The smallest absolute Gasteiger partial charge is 0.274 e. The second-order valence-corrected chi connectivity index (χ2v) is 9.32. The van der Waals surface area contributed by atoms with Crippen LogP contribution in [0.15, 0.2) is 36.5 Å². The Hall–Kier alpha value is -2.65. The Morgan fingerprint density at radius 1 is 1.09 bits per heavy atom. The van der Waals surface area contributed by atoms with Crippen LogP contribution in [-0.4, -0.2) is 32.4 Å². The lowest BCUT2D eigenvalue weighted by molar-refractivity contribution is -0.125. The van der Waals surface area contributed by atoms with E-state index in [0.29, 0.717) is 0 Å². The zero-order valence-corrected chi connectivity index (χ0v) is 20.4. The Morgan fingerprint density at radius 3 is 2.42 bits per heavy atom. The third-order valence-corrected chi connectivity index (χ3v) is 5.71. The zero-order valence-electron chi connectivity index (χ0n) is 17.3. The number of carbonyl (C=O) groups is 3. The molecule has 0 atom stereocenters. The number of carbonyl (C=O) groups excluding carboxylic acids is 3. The van der Waals surface area contributed by atoms with E-state index in [9.17, 15) is 14.4 Å². The predicted molar refractivity (Wildman–Crippen MR) is 128 cm³/mol. The first-order valence-corrected chi connectivity index (χ1v) is 10.9. The van der Waals surface area contributed by atoms with Crippen LogP contribution in [0.4, 0.5) is 5.69 Å². The lowest BCUT2D eigenvalue weighted by atomic mass is 9.84. The first-order valence-electron chi connectivity index (χ1n) is 9.40. The van der Waals surface area contributed by atoms with Gasteiger partial charge in [-0.2, -0.15) is 5.10 Å². The summed E-state index contributed by atoms with van der Waals surface area (Å²) in [6.07, 6.45) is 1.25. The van der Waals surface area contributed by atoms with Gasteiger partial charge in [0.05, 0.1) is 21.1 Å². The van der Waals surface area contributed by atoms with Crippen LogP contribution in [0.3, 0.4) is 0 Å². The van der Waals surface area contributed by atoms with Gasteiger partial charge in [-0.15, -0.1) is 0 Å². The Bertz CT molecular complexity index is 1270. The van der Waals surface area contributed by atoms with Crippen LogP contribution in [0.1, 0.15) is 41.1 Å². The highest BCUT2D eigenvalue weighted by Crippen LogP contribution is 2.34. The lowest BCUT2D eigenvalue weighted by Crippen LogP contribution is -2.33. The third kappa shape index (κ3) is 5.47. The fraction of sp³-hybridized carbons (Fsp3) is 0.190. The second kappa shape index (κ2) is 9.69. The van der Waals surface area contributed by atoms with Gasteiger partial charge in [-0.25, -0.2) is 9.67 Å². The maximum atomic E-state index is 13.2. The lowest BCUT2D eigenvalue weighted by Gasteiger charge is -2.20. The van der Waals surface area contributed by atoms with E-state index >= 15 is 0 Å². The summed E-state index contributed by atoms with van der Waals surface area (Å²) in [5, 5.41) is 7.12. The number of amides is 2. The van der Waals surface area contributed by atoms with Crippen molar-refractivity contribution in [2.45, 2.75) is 20.3 Å². The highest BCUT2D eigenvalue weighted by molar-refractivity contribution is 6.38. The zero-order chi connectivity index (χ0) is 24.5. The van der Waals surface area contributed by atoms with Gasteiger partial charge >= 0.3 is 0 Å². The van der Waals surface area contributed by atoms with Crippen LogP contribution in [0.5, 0.6) is 0 Å². The van der Waals surface area contributed by atoms with Gasteiger partial charge in [-0.3, -0.25) is 14.4 Å². The second-order valence-electron chi connectivity index (χ2n) is 7.69. The van der Waals surface area contributed by atoms with Gasteiger partial charge in [0.1, 0.15) is 5.69 Å². The van der Waals surface area contributed by atoms with Gasteiger partial charge in [-0.05, 0) is 24.3 Å². The van der Waals surface area contributed by atoms with Crippen LogP contribution in [-0.2, 0) is 4.79 Å². The van der Waals surface area contributed by atoms with Crippen molar-refractivity contribution in [3.8, 4) is 5.82 Å². The molecular weight excluding hydrogens is 512 g/mol. The van der Waals surface area contributed by atoms with E-state index in [4.69, 9.17) is 52.1 Å². The number of aromatic nitrogens is 3. The number of anilines is 1. The third-order valence-electron chi connectivity index (χ3n) is 4.72. The number of benzene rings is 1. The van der Waals surface area contributed by atoms with Gasteiger partial charge in [-0.1, -0.05) is 60.3 Å². The quantitative estimate of drug-likeness (QED) is 0.407. The summed E-state index contributed by atoms with van der Waals surface area (Å²) >= 11 is 24.6. The molecule has 0 aliphatic carbocycles. The van der Waals surface area contributed by atoms with Crippen LogP contribution in [0, 0.1) is 5.41 Å². The number of primary amides is 1. The molecule has 3 rings (SSSR count). The van der Waals surface area contributed by atoms with Gasteiger partial charge < -0.3 is 11.1 Å². The largest absolute Gasteiger partial charge is 0.369 e. The fourth-order valence-corrected chi connectivity index (χ4v) is 3.81. The van der Waals surface area contributed by atoms with Gasteiger partial charge in [0, 0.05) is 29.3 Å². The number of Topliss-reactive ketones (excluding diaryl/α,β-unsaturated/α-hetero) is 1. The summed E-state index contributed by atoms with van der Waals surface area (Å²) in [4.78, 5) is 42.0. The number of nitrogens with two attached hydrogens (primary N) is 1. The Kier molecular flexibility index (Phi) is 7.33. The number of hydrogen-bond acceptors (Lipinski definition) is 5. The molecule has 2 heterocycles. The molecule has 0 saturated heterocycles. The number of halogens is 4. The van der Waals surface area contributed by atoms with Crippen molar-refractivity contribution in [3.05, 3.63) is 68.0 Å². The van der Waals surface area contributed by atoms with Crippen LogP contribution in [0.2, 0.25) is 20.2 Å². The summed E-state index contributed by atoms with van der Waals surface area (Å²) in [6, 6.07) is 7.23. The average Bonchev–Trinajstić information content (AvgIpc) is 3.11. The number of pyridine rings is 1. The van der Waals surface area contributed by atoms with Gasteiger partial charge in [0.2, 0.25) is 5.91 Å². The van der Waals surface area contributed by atoms with Gasteiger partial charge in [0.25, 0.3) is 5.91 Å². The molecule has 0 aliphatic rings. The highest BCUT2D eigenvalue weighted by atomic mass is 35.5. The number of hydrogen-bond donors (Lipinski definition) is 2. The maximum Gasteiger partial charge on any atom is 0.274 e. The molecule has 3 aromatic rings. The molecule has 33 heavy (non-hydrogen) atoms. The molecule has 3 N–H and O–H groups in total. The molecule has 8 nitrogen and oxygen atoms in total. The monoisotopic (exact) mass is 527 g/mol. The van der Waals surface area contributed by atoms with Crippen molar-refractivity contribution >= 4 is 69.7 Å². The van der Waals surface area contributed by atoms with E-state index in [2.05, 4.69) is 15.4 Å². The minimum Gasteiger partial charge on any atom is -0.369 e. The van der Waals surface area contributed by atoms with Crippen molar-refractivity contribution in [2.75, 3.05) is 5.32 Å². The number of rotatable bonds is 7. The molecule has 12 heteroatoms. The first kappa shape index (κ1) is 25.0. The first-order chi connectivity index (χ1) is 15.4. The van der Waals surface area contributed by atoms with E-state index < -0.39 is 23.0 Å². The average molecular weight is 529 g/mol. The van der Waals surface area contributed by atoms with Crippen LogP contribution >= 0.6 is 46.4 Å². The van der Waals surface area contributed by atoms with Crippen molar-refractivity contribution < 1.29 is 14.4 Å². The maximum absolute atomic E-state index is 13.2. The molecule has 0 bridgehead atoms. The number of ketones is 1. The number of nitrogens with one attached hydrogen (secondary N) is 1. The molecule has 0 saturated carbocycles. The molecule has 172 valence electrons. The van der Waals surface area contributed by atoms with E-state index in [0.717, 1.165) is 0 Å². The van der Waals surface area contributed by atoms with Crippen molar-refractivity contribution in [3.63, 3.8) is 0 Å². The normalized spacial score (nSPS) is 11.3.